The van der Waals surface area contributed by atoms with Crippen molar-refractivity contribution in [2.45, 2.75) is 13.8 Å². The van der Waals surface area contributed by atoms with Gasteiger partial charge in [0, 0.05) is 31.0 Å². The van der Waals surface area contributed by atoms with Gasteiger partial charge in [-0.2, -0.15) is 0 Å². The Balaban J connectivity index is 1.59. The molecule has 0 saturated carbocycles. The van der Waals surface area contributed by atoms with Crippen LogP contribution in [0, 0.1) is 13.8 Å². The topological polar surface area (TPSA) is 43.0 Å². The standard InChI is InChI=1S/C18H17ClN4O/c1-12-11-15(13(2)10-14(12)22-8-9-22)24-18-6-7-23(21-18)17-5-3-4-16(19)20-17/h3-7,10-11H,8-9H2,1-2H3. The molecule has 0 spiro atoms. The van der Waals surface area contributed by atoms with E-state index >= 15 is 0 Å². The Kier molecular flexibility index (Phi) is 3.65. The number of hydrogen-bond acceptors (Lipinski definition) is 4. The van der Waals surface area contributed by atoms with Crippen molar-refractivity contribution in [3.63, 3.8) is 0 Å². The van der Waals surface area contributed by atoms with Crippen molar-refractivity contribution in [1.82, 2.24) is 14.8 Å². The average Bonchev–Trinajstić information content (AvgIpc) is 3.29. The average molecular weight is 341 g/mol. The van der Waals surface area contributed by atoms with Crippen LogP contribution in [0.25, 0.3) is 5.82 Å². The molecule has 1 aromatic carbocycles. The smallest absolute Gasteiger partial charge is 0.238 e. The minimum absolute atomic E-state index is 0.433. The Morgan fingerprint density at radius 3 is 2.67 bits per heavy atom. The van der Waals surface area contributed by atoms with Gasteiger partial charge in [0.2, 0.25) is 5.88 Å². The number of rotatable bonds is 4. The maximum absolute atomic E-state index is 5.97. The normalized spacial score (nSPS) is 13.2. The molecule has 24 heavy (non-hydrogen) atoms. The van der Waals surface area contributed by atoms with E-state index in [0.29, 0.717) is 16.9 Å². The van der Waals surface area contributed by atoms with Gasteiger partial charge in [-0.25, -0.2) is 9.67 Å². The first-order valence-corrected chi connectivity index (χ1v) is 8.20. The third kappa shape index (κ3) is 2.95. The van der Waals surface area contributed by atoms with Crippen LogP contribution in [0.4, 0.5) is 5.69 Å². The van der Waals surface area contributed by atoms with Crippen LogP contribution in [0.2, 0.25) is 5.15 Å². The second-order valence-electron chi connectivity index (χ2n) is 5.91. The number of halogens is 1. The number of anilines is 1. The van der Waals surface area contributed by atoms with Gasteiger partial charge in [0.1, 0.15) is 10.9 Å². The molecule has 1 aliphatic heterocycles. The monoisotopic (exact) mass is 340 g/mol. The van der Waals surface area contributed by atoms with E-state index in [1.165, 1.54) is 11.3 Å². The lowest BCUT2D eigenvalue weighted by atomic mass is 10.1. The van der Waals surface area contributed by atoms with Gasteiger partial charge in [0.15, 0.2) is 5.82 Å². The van der Waals surface area contributed by atoms with Crippen LogP contribution in [0.3, 0.4) is 0 Å². The molecule has 0 unspecified atom stereocenters. The molecule has 0 N–H and O–H groups in total. The number of benzene rings is 1. The van der Waals surface area contributed by atoms with Gasteiger partial charge in [0.05, 0.1) is 0 Å². The van der Waals surface area contributed by atoms with Gasteiger partial charge in [0.25, 0.3) is 0 Å². The molecule has 3 aromatic rings. The fourth-order valence-electron chi connectivity index (χ4n) is 2.64. The van der Waals surface area contributed by atoms with E-state index < -0.39 is 0 Å². The fraction of sp³-hybridized carbons (Fsp3) is 0.222. The Bertz CT molecular complexity index is 902. The van der Waals surface area contributed by atoms with Crippen LogP contribution < -0.4 is 9.64 Å². The molecule has 1 aliphatic rings. The second kappa shape index (κ2) is 5.83. The van der Waals surface area contributed by atoms with Crippen molar-refractivity contribution in [1.29, 1.82) is 0 Å². The molecule has 6 heteroatoms. The molecule has 5 nitrogen and oxygen atoms in total. The SMILES string of the molecule is Cc1cc(N2CC2)c(C)cc1Oc1ccn(-c2cccc(Cl)n2)n1. The fourth-order valence-corrected chi connectivity index (χ4v) is 2.80. The first-order chi connectivity index (χ1) is 11.6. The van der Waals surface area contributed by atoms with Gasteiger partial charge in [-0.05, 0) is 49.2 Å². The maximum Gasteiger partial charge on any atom is 0.238 e. The molecular formula is C18H17ClN4O. The highest BCUT2D eigenvalue weighted by Gasteiger charge is 2.21. The molecule has 3 heterocycles. The molecule has 0 radical (unpaired) electrons. The third-order valence-electron chi connectivity index (χ3n) is 4.00. The summed E-state index contributed by atoms with van der Waals surface area (Å²) in [5.41, 5.74) is 3.59. The Morgan fingerprint density at radius 2 is 1.92 bits per heavy atom. The van der Waals surface area contributed by atoms with Crippen molar-refractivity contribution in [2.75, 3.05) is 18.0 Å². The highest BCUT2D eigenvalue weighted by atomic mass is 35.5. The quantitative estimate of drug-likeness (QED) is 0.528. The van der Waals surface area contributed by atoms with Gasteiger partial charge in [-0.3, -0.25) is 0 Å². The van der Waals surface area contributed by atoms with Crippen molar-refractivity contribution in [2.24, 2.45) is 0 Å². The van der Waals surface area contributed by atoms with E-state index in [1.807, 2.05) is 18.2 Å². The first kappa shape index (κ1) is 15.0. The Morgan fingerprint density at radius 1 is 1.08 bits per heavy atom. The van der Waals surface area contributed by atoms with E-state index in [4.69, 9.17) is 16.3 Å². The first-order valence-electron chi connectivity index (χ1n) is 7.83. The predicted octanol–water partition coefficient (Wildman–Crippen LogP) is 4.15. The summed E-state index contributed by atoms with van der Waals surface area (Å²) in [4.78, 5) is 6.58. The Hall–Kier alpha value is -2.53. The summed E-state index contributed by atoms with van der Waals surface area (Å²) in [5, 5.41) is 4.85. The predicted molar refractivity (Wildman–Crippen MR) is 94.6 cm³/mol. The van der Waals surface area contributed by atoms with Crippen LogP contribution >= 0.6 is 11.6 Å². The van der Waals surface area contributed by atoms with Crippen molar-refractivity contribution >= 4 is 17.3 Å². The molecule has 1 saturated heterocycles. The van der Waals surface area contributed by atoms with Crippen LogP contribution in [0.15, 0.2) is 42.6 Å². The zero-order chi connectivity index (χ0) is 16.7. The number of pyridine rings is 1. The molecule has 0 atom stereocenters. The molecule has 0 amide bonds. The highest BCUT2D eigenvalue weighted by Crippen LogP contribution is 2.33. The highest BCUT2D eigenvalue weighted by molar-refractivity contribution is 6.29. The minimum Gasteiger partial charge on any atom is -0.437 e. The number of aryl methyl sites for hydroxylation is 2. The van der Waals surface area contributed by atoms with Crippen molar-refractivity contribution in [3.05, 3.63) is 58.9 Å². The molecule has 2 aromatic heterocycles. The lowest BCUT2D eigenvalue weighted by Crippen LogP contribution is -1.99. The second-order valence-corrected chi connectivity index (χ2v) is 6.30. The summed E-state index contributed by atoms with van der Waals surface area (Å²) < 4.78 is 7.61. The van der Waals surface area contributed by atoms with Crippen LogP contribution in [-0.2, 0) is 0 Å². The summed E-state index contributed by atoms with van der Waals surface area (Å²) in [5.74, 6) is 2.00. The van der Waals surface area contributed by atoms with E-state index in [-0.39, 0.29) is 0 Å². The molecule has 0 aliphatic carbocycles. The minimum atomic E-state index is 0.433. The summed E-state index contributed by atoms with van der Waals surface area (Å²) in [6.07, 6.45) is 1.81. The molecule has 0 bridgehead atoms. The lowest BCUT2D eigenvalue weighted by molar-refractivity contribution is 0.453. The van der Waals surface area contributed by atoms with E-state index in [2.05, 4.69) is 41.0 Å². The summed E-state index contributed by atoms with van der Waals surface area (Å²) >= 11 is 5.93. The van der Waals surface area contributed by atoms with Gasteiger partial charge in [-0.1, -0.05) is 17.7 Å². The van der Waals surface area contributed by atoms with Gasteiger partial charge >= 0.3 is 0 Å². The molecule has 4 rings (SSSR count). The van der Waals surface area contributed by atoms with Crippen molar-refractivity contribution < 1.29 is 4.74 Å². The van der Waals surface area contributed by atoms with Gasteiger partial charge in [-0.15, -0.1) is 5.10 Å². The Labute approximate surface area is 145 Å². The van der Waals surface area contributed by atoms with Crippen LogP contribution in [-0.4, -0.2) is 27.9 Å². The summed E-state index contributed by atoms with van der Waals surface area (Å²) in [7, 11) is 0. The number of nitrogens with zero attached hydrogens (tertiary/aromatic N) is 4. The number of ether oxygens (including phenoxy) is 1. The van der Waals surface area contributed by atoms with E-state index in [1.54, 1.807) is 16.9 Å². The van der Waals surface area contributed by atoms with Crippen LogP contribution in [0.1, 0.15) is 11.1 Å². The summed E-state index contributed by atoms with van der Waals surface area (Å²) in [6, 6.07) is 11.5. The zero-order valence-corrected chi connectivity index (χ0v) is 14.3. The largest absolute Gasteiger partial charge is 0.437 e. The number of hydrogen-bond donors (Lipinski definition) is 0. The number of aromatic nitrogens is 3. The van der Waals surface area contributed by atoms with Gasteiger partial charge < -0.3 is 9.64 Å². The van der Waals surface area contributed by atoms with E-state index in [0.717, 1.165) is 24.4 Å². The van der Waals surface area contributed by atoms with E-state index in [9.17, 15) is 0 Å². The molecular weight excluding hydrogens is 324 g/mol. The summed E-state index contributed by atoms with van der Waals surface area (Å²) in [6.45, 7) is 6.43. The van der Waals surface area contributed by atoms with Crippen LogP contribution in [0.5, 0.6) is 11.6 Å². The zero-order valence-electron chi connectivity index (χ0n) is 13.5. The maximum atomic E-state index is 5.97. The molecule has 1 fully saturated rings. The third-order valence-corrected chi connectivity index (χ3v) is 4.21. The van der Waals surface area contributed by atoms with Crippen molar-refractivity contribution in [3.8, 4) is 17.4 Å². The molecule has 122 valence electrons. The lowest BCUT2D eigenvalue weighted by Gasteiger charge is -2.12.